The third-order valence-corrected chi connectivity index (χ3v) is 3.06. The molecule has 1 aromatic heterocycles. The first-order valence-electron chi connectivity index (χ1n) is 4.70. The van der Waals surface area contributed by atoms with Gasteiger partial charge in [0.15, 0.2) is 0 Å². The van der Waals surface area contributed by atoms with Gasteiger partial charge in [0, 0.05) is 22.9 Å². The fourth-order valence-electron chi connectivity index (χ4n) is 1.26. The maximum Gasteiger partial charge on any atom is 0.249 e. The number of aromatic nitrogens is 1. The average Bonchev–Trinajstić information content (AvgIpc) is 2.28. The maximum atomic E-state index is 11.0. The third kappa shape index (κ3) is 2.99. The van der Waals surface area contributed by atoms with E-state index in [0.29, 0.717) is 0 Å². The van der Waals surface area contributed by atoms with Gasteiger partial charge in [0.1, 0.15) is 0 Å². The van der Waals surface area contributed by atoms with Crippen molar-refractivity contribution in [2.45, 2.75) is 10.6 Å². The first-order valence-corrected chi connectivity index (χ1v) is 5.68. The summed E-state index contributed by atoms with van der Waals surface area (Å²) in [7, 11) is 0. The van der Waals surface area contributed by atoms with Gasteiger partial charge in [-0.2, -0.15) is 0 Å². The van der Waals surface area contributed by atoms with Crippen LogP contribution in [0.15, 0.2) is 58.4 Å². The first kappa shape index (κ1) is 10.1. The molecule has 0 saturated carbocycles. The molecule has 0 unspecified atom stereocenters. The molecule has 0 amide bonds. The summed E-state index contributed by atoms with van der Waals surface area (Å²) in [6.45, 7) is 0. The summed E-state index contributed by atoms with van der Waals surface area (Å²) in [4.78, 5) is 14.6. The van der Waals surface area contributed by atoms with Gasteiger partial charge in [-0.15, -0.1) is 11.8 Å². The van der Waals surface area contributed by atoms with Crippen molar-refractivity contribution in [3.05, 3.63) is 64.6 Å². The Morgan fingerprint density at radius 1 is 1.13 bits per heavy atom. The van der Waals surface area contributed by atoms with Gasteiger partial charge in [0.05, 0.1) is 0 Å². The lowest BCUT2D eigenvalue weighted by atomic mass is 10.2. The molecule has 2 nitrogen and oxygen atoms in total. The van der Waals surface area contributed by atoms with E-state index in [0.717, 1.165) is 10.6 Å². The summed E-state index contributed by atoms with van der Waals surface area (Å²) in [5.41, 5.74) is 1.22. The van der Waals surface area contributed by atoms with Gasteiger partial charge >= 0.3 is 0 Å². The van der Waals surface area contributed by atoms with E-state index in [9.17, 15) is 4.79 Å². The number of hydrogen-bond acceptors (Lipinski definition) is 2. The number of nitrogens with one attached hydrogen (secondary N) is 1. The van der Waals surface area contributed by atoms with Crippen LogP contribution in [0.1, 0.15) is 5.56 Å². The second kappa shape index (κ2) is 4.84. The van der Waals surface area contributed by atoms with E-state index >= 15 is 0 Å². The summed E-state index contributed by atoms with van der Waals surface area (Å²) in [6.07, 6.45) is 1.68. The molecular weight excluding hydrogens is 206 g/mol. The smallest absolute Gasteiger partial charge is 0.249 e. The van der Waals surface area contributed by atoms with Gasteiger partial charge in [-0.25, -0.2) is 0 Å². The fraction of sp³-hybridized carbons (Fsp3) is 0.0833. The highest BCUT2D eigenvalue weighted by Crippen LogP contribution is 2.20. The quantitative estimate of drug-likeness (QED) is 0.802. The van der Waals surface area contributed by atoms with Gasteiger partial charge in [-0.05, 0) is 11.6 Å². The molecule has 76 valence electrons. The molecule has 3 heteroatoms. The van der Waals surface area contributed by atoms with Gasteiger partial charge in [0.2, 0.25) is 5.56 Å². The highest BCUT2D eigenvalue weighted by Gasteiger charge is 1.95. The summed E-state index contributed by atoms with van der Waals surface area (Å²) in [6, 6.07) is 13.7. The Hall–Kier alpha value is -1.48. The Balaban J connectivity index is 2.02. The Morgan fingerprint density at radius 3 is 2.67 bits per heavy atom. The van der Waals surface area contributed by atoms with E-state index in [-0.39, 0.29) is 5.56 Å². The molecule has 0 saturated heterocycles. The van der Waals surface area contributed by atoms with Crippen LogP contribution in [0.4, 0.5) is 0 Å². The van der Waals surface area contributed by atoms with Crippen LogP contribution >= 0.6 is 11.8 Å². The van der Waals surface area contributed by atoms with E-state index in [1.54, 1.807) is 24.0 Å². The van der Waals surface area contributed by atoms with Crippen molar-refractivity contribution in [1.82, 2.24) is 4.98 Å². The van der Waals surface area contributed by atoms with Crippen LogP contribution in [-0.2, 0) is 5.75 Å². The van der Waals surface area contributed by atoms with Crippen molar-refractivity contribution in [2.75, 3.05) is 0 Å². The van der Waals surface area contributed by atoms with Crippen LogP contribution in [0.25, 0.3) is 0 Å². The number of pyridine rings is 1. The first-order chi connectivity index (χ1) is 7.34. The zero-order valence-corrected chi connectivity index (χ0v) is 8.96. The van der Waals surface area contributed by atoms with Gasteiger partial charge in [-0.3, -0.25) is 4.79 Å². The molecule has 0 aliphatic heterocycles. The molecule has 1 heterocycles. The second-order valence-electron chi connectivity index (χ2n) is 3.16. The normalized spacial score (nSPS) is 10.1. The summed E-state index contributed by atoms with van der Waals surface area (Å²) >= 11 is 1.67. The predicted molar refractivity (Wildman–Crippen MR) is 63.1 cm³/mol. The van der Waals surface area contributed by atoms with Crippen LogP contribution in [0.5, 0.6) is 0 Å². The molecule has 0 aliphatic rings. The molecule has 0 spiro atoms. The Kier molecular flexibility index (Phi) is 3.25. The molecule has 0 fully saturated rings. The van der Waals surface area contributed by atoms with Crippen LogP contribution in [0.3, 0.4) is 0 Å². The predicted octanol–water partition coefficient (Wildman–Crippen LogP) is 2.67. The topological polar surface area (TPSA) is 32.9 Å². The second-order valence-corrected chi connectivity index (χ2v) is 4.21. The van der Waals surface area contributed by atoms with Crippen molar-refractivity contribution < 1.29 is 0 Å². The average molecular weight is 217 g/mol. The van der Waals surface area contributed by atoms with Crippen molar-refractivity contribution in [3.63, 3.8) is 0 Å². The zero-order chi connectivity index (χ0) is 10.5. The maximum absolute atomic E-state index is 11.0. The number of hydrogen-bond donors (Lipinski definition) is 1. The van der Waals surface area contributed by atoms with E-state index in [2.05, 4.69) is 17.1 Å². The van der Waals surface area contributed by atoms with Crippen molar-refractivity contribution >= 4 is 11.8 Å². The lowest BCUT2D eigenvalue weighted by molar-refractivity contribution is 1.18. The van der Waals surface area contributed by atoms with Crippen LogP contribution in [0.2, 0.25) is 0 Å². The Labute approximate surface area is 92.4 Å². The van der Waals surface area contributed by atoms with Crippen molar-refractivity contribution in [3.8, 4) is 0 Å². The van der Waals surface area contributed by atoms with Crippen LogP contribution in [0, 0.1) is 0 Å². The summed E-state index contributed by atoms with van der Waals surface area (Å²) in [5, 5.41) is 0. The minimum atomic E-state index is -0.0481. The number of rotatable bonds is 3. The molecular formula is C12H11NOS. The monoisotopic (exact) mass is 217 g/mol. The lowest BCUT2D eigenvalue weighted by Gasteiger charge is -2.00. The van der Waals surface area contributed by atoms with Gasteiger partial charge in [0.25, 0.3) is 0 Å². The number of H-pyrrole nitrogens is 1. The highest BCUT2D eigenvalue weighted by molar-refractivity contribution is 7.98. The number of thioether (sulfide) groups is 1. The largest absolute Gasteiger partial charge is 0.329 e. The molecule has 0 aliphatic carbocycles. The molecule has 2 aromatic rings. The van der Waals surface area contributed by atoms with Crippen LogP contribution < -0.4 is 5.56 Å². The van der Waals surface area contributed by atoms with E-state index in [4.69, 9.17) is 0 Å². The summed E-state index contributed by atoms with van der Waals surface area (Å²) in [5.74, 6) is 0.893. The molecule has 1 aromatic carbocycles. The molecule has 15 heavy (non-hydrogen) atoms. The number of benzene rings is 1. The van der Waals surface area contributed by atoms with Crippen molar-refractivity contribution in [2.24, 2.45) is 0 Å². The minimum Gasteiger partial charge on any atom is -0.329 e. The van der Waals surface area contributed by atoms with E-state index in [1.807, 2.05) is 24.3 Å². The highest BCUT2D eigenvalue weighted by atomic mass is 32.2. The Morgan fingerprint density at radius 2 is 1.93 bits per heavy atom. The molecule has 0 radical (unpaired) electrons. The van der Waals surface area contributed by atoms with Gasteiger partial charge in [-0.1, -0.05) is 30.3 Å². The lowest BCUT2D eigenvalue weighted by Crippen LogP contribution is -2.01. The zero-order valence-electron chi connectivity index (χ0n) is 8.14. The van der Waals surface area contributed by atoms with Gasteiger partial charge < -0.3 is 4.98 Å². The molecule has 2 rings (SSSR count). The SMILES string of the molecule is O=c1cc(SCc2ccccc2)cc[nH]1. The standard InChI is InChI=1S/C12H11NOS/c14-12-8-11(6-7-13-12)15-9-10-4-2-1-3-5-10/h1-8H,9H2,(H,13,14). The van der Waals surface area contributed by atoms with E-state index < -0.39 is 0 Å². The van der Waals surface area contributed by atoms with E-state index in [1.165, 1.54) is 5.56 Å². The number of aromatic amines is 1. The molecule has 0 bridgehead atoms. The minimum absolute atomic E-state index is 0.0481. The van der Waals surface area contributed by atoms with Crippen molar-refractivity contribution in [1.29, 1.82) is 0 Å². The molecule has 0 atom stereocenters. The molecule has 1 N–H and O–H groups in total. The van der Waals surface area contributed by atoms with Crippen LogP contribution in [-0.4, -0.2) is 4.98 Å². The summed E-state index contributed by atoms with van der Waals surface area (Å²) < 4.78 is 0. The fourth-order valence-corrected chi connectivity index (χ4v) is 2.14. The third-order valence-electron chi connectivity index (χ3n) is 1.99. The Bertz CT molecular complexity index is 478.